The first-order valence-electron chi connectivity index (χ1n) is 10.7. The molecule has 2 atom stereocenters. The number of fused-ring (bicyclic) bond motifs is 2. The van der Waals surface area contributed by atoms with E-state index in [4.69, 9.17) is 19.2 Å². The minimum atomic E-state index is -0.181. The summed E-state index contributed by atoms with van der Waals surface area (Å²) in [6.07, 6.45) is 8.72. The molecule has 2 unspecified atom stereocenters. The Hall–Kier alpha value is -3.53. The molecule has 2 aliphatic rings. The maximum Gasteiger partial charge on any atom is 0.373 e. The van der Waals surface area contributed by atoms with Crippen molar-refractivity contribution in [1.29, 1.82) is 0 Å². The van der Waals surface area contributed by atoms with Gasteiger partial charge in [0.1, 0.15) is 17.9 Å². The SMILES string of the molecule is C=CCC1(C)Cc2ccc(F)cc2C1.CC1(CC=O)Cc2ccc(F)cc2C1.O=C=O.O=C=O. The predicted molar refractivity (Wildman–Crippen MR) is 119 cm³/mol. The highest BCUT2D eigenvalue weighted by molar-refractivity contribution is 5.52. The monoisotopic (exact) mass is 470 g/mol. The van der Waals surface area contributed by atoms with Gasteiger partial charge in [-0.3, -0.25) is 0 Å². The highest BCUT2D eigenvalue weighted by Gasteiger charge is 2.33. The molecule has 0 saturated carbocycles. The number of hydrogen-bond acceptors (Lipinski definition) is 5. The molecule has 180 valence electrons. The van der Waals surface area contributed by atoms with Crippen molar-refractivity contribution >= 4 is 18.6 Å². The van der Waals surface area contributed by atoms with E-state index in [0.717, 1.165) is 44.0 Å². The number of hydrogen-bond donors (Lipinski definition) is 0. The zero-order valence-electron chi connectivity index (χ0n) is 19.4. The lowest BCUT2D eigenvalue weighted by atomic mass is 9.84. The summed E-state index contributed by atoms with van der Waals surface area (Å²) >= 11 is 0. The van der Waals surface area contributed by atoms with Gasteiger partial charge in [-0.2, -0.15) is 19.2 Å². The molecule has 0 aliphatic heterocycles. The van der Waals surface area contributed by atoms with E-state index >= 15 is 0 Å². The Bertz CT molecular complexity index is 983. The van der Waals surface area contributed by atoms with Crippen molar-refractivity contribution in [2.75, 3.05) is 0 Å². The summed E-state index contributed by atoms with van der Waals surface area (Å²) in [5, 5.41) is 0. The van der Waals surface area contributed by atoms with Crippen LogP contribution in [-0.2, 0) is 49.7 Å². The molecule has 7 heteroatoms. The van der Waals surface area contributed by atoms with E-state index in [-0.39, 0.29) is 34.8 Å². The van der Waals surface area contributed by atoms with Gasteiger partial charge in [-0.25, -0.2) is 8.78 Å². The minimum Gasteiger partial charge on any atom is -0.303 e. The molecule has 0 aromatic heterocycles. The van der Waals surface area contributed by atoms with Crippen molar-refractivity contribution in [1.82, 2.24) is 0 Å². The van der Waals surface area contributed by atoms with Crippen LogP contribution >= 0.6 is 0 Å². The van der Waals surface area contributed by atoms with Gasteiger partial charge in [0, 0.05) is 6.42 Å². The zero-order chi connectivity index (χ0) is 25.8. The van der Waals surface area contributed by atoms with E-state index in [1.54, 1.807) is 18.2 Å². The number of aldehydes is 1. The maximum atomic E-state index is 13.0. The van der Waals surface area contributed by atoms with Gasteiger partial charge in [-0.15, -0.1) is 6.58 Å². The van der Waals surface area contributed by atoms with Crippen molar-refractivity contribution in [2.24, 2.45) is 10.8 Å². The standard InChI is InChI=1S/C13H15F.C12H13FO.2CO2/c1-3-6-13(2)8-10-4-5-12(14)7-11(10)9-13;1-12(4-5-14)7-9-2-3-11(13)6-10(9)8-12;2*2-1-3/h3-5,7H,1,6,8-9H2,2H3;2-3,5-6H,4,7-8H2,1H3;;. The van der Waals surface area contributed by atoms with E-state index in [1.807, 2.05) is 18.2 Å². The fraction of sp³-hybridized carbons (Fsp3) is 0.370. The molecule has 2 aromatic carbocycles. The first kappa shape index (κ1) is 28.5. The van der Waals surface area contributed by atoms with Crippen molar-refractivity contribution in [3.8, 4) is 0 Å². The van der Waals surface area contributed by atoms with E-state index in [0.29, 0.717) is 6.42 Å². The summed E-state index contributed by atoms with van der Waals surface area (Å²) in [5.41, 5.74) is 5.01. The summed E-state index contributed by atoms with van der Waals surface area (Å²) in [6, 6.07) is 10.1. The van der Waals surface area contributed by atoms with Crippen LogP contribution < -0.4 is 0 Å². The average Bonchev–Trinajstić information content (AvgIpc) is 3.24. The van der Waals surface area contributed by atoms with E-state index in [9.17, 15) is 13.6 Å². The summed E-state index contributed by atoms with van der Waals surface area (Å²) in [4.78, 5) is 43.0. The third kappa shape index (κ3) is 8.43. The van der Waals surface area contributed by atoms with Crippen molar-refractivity contribution in [3.63, 3.8) is 0 Å². The van der Waals surface area contributed by atoms with Gasteiger partial charge in [0.25, 0.3) is 0 Å². The second kappa shape index (κ2) is 13.2. The second-order valence-electron chi connectivity index (χ2n) is 9.18. The number of halogens is 2. The summed E-state index contributed by atoms with van der Waals surface area (Å²) in [6.45, 7) is 8.10. The van der Waals surface area contributed by atoms with Crippen molar-refractivity contribution < 1.29 is 32.8 Å². The fourth-order valence-corrected chi connectivity index (χ4v) is 4.67. The molecule has 4 rings (SSSR count). The Balaban J connectivity index is 0.000000277. The Morgan fingerprint density at radius 2 is 1.12 bits per heavy atom. The molecule has 2 aromatic rings. The van der Waals surface area contributed by atoms with Gasteiger partial charge in [0.15, 0.2) is 0 Å². The summed E-state index contributed by atoms with van der Waals surface area (Å²) in [7, 11) is 0. The van der Waals surface area contributed by atoms with Crippen LogP contribution in [0.2, 0.25) is 0 Å². The van der Waals surface area contributed by atoms with Crippen LogP contribution in [0.3, 0.4) is 0 Å². The number of rotatable bonds is 4. The van der Waals surface area contributed by atoms with Crippen LogP contribution in [-0.4, -0.2) is 18.6 Å². The lowest BCUT2D eigenvalue weighted by molar-refractivity contribution is -0.193. The molecular formula is C27H28F2O5. The molecule has 2 aliphatic carbocycles. The summed E-state index contributed by atoms with van der Waals surface area (Å²) < 4.78 is 25.9. The number of carbonyl (C=O) groups is 1. The Labute approximate surface area is 197 Å². The van der Waals surface area contributed by atoms with Gasteiger partial charge in [-0.1, -0.05) is 32.1 Å². The Kier molecular flexibility index (Phi) is 11.1. The molecule has 0 fully saturated rings. The lowest BCUT2D eigenvalue weighted by Gasteiger charge is -2.20. The number of benzene rings is 2. The number of allylic oxidation sites excluding steroid dienone is 1. The van der Waals surface area contributed by atoms with Crippen molar-refractivity contribution in [2.45, 2.75) is 52.4 Å². The third-order valence-corrected chi connectivity index (χ3v) is 6.02. The molecule has 0 heterocycles. The average molecular weight is 471 g/mol. The first-order valence-corrected chi connectivity index (χ1v) is 10.7. The zero-order valence-corrected chi connectivity index (χ0v) is 19.4. The van der Waals surface area contributed by atoms with Gasteiger partial charge in [0.05, 0.1) is 0 Å². The topological polar surface area (TPSA) is 85.3 Å². The smallest absolute Gasteiger partial charge is 0.303 e. The van der Waals surface area contributed by atoms with Gasteiger partial charge >= 0.3 is 12.3 Å². The molecule has 0 saturated heterocycles. The fourth-order valence-electron chi connectivity index (χ4n) is 4.67. The molecule has 34 heavy (non-hydrogen) atoms. The minimum absolute atomic E-state index is 0.0118. The highest BCUT2D eigenvalue weighted by Crippen LogP contribution is 2.40. The largest absolute Gasteiger partial charge is 0.373 e. The second-order valence-corrected chi connectivity index (χ2v) is 9.18. The van der Waals surface area contributed by atoms with E-state index in [1.165, 1.54) is 22.8 Å². The molecule has 0 spiro atoms. The quantitative estimate of drug-likeness (QED) is 0.471. The van der Waals surface area contributed by atoms with Crippen LogP contribution in [0.1, 0.15) is 48.9 Å². The maximum absolute atomic E-state index is 13.0. The highest BCUT2D eigenvalue weighted by atomic mass is 19.1. The molecule has 0 bridgehead atoms. The molecule has 0 N–H and O–H groups in total. The molecule has 0 amide bonds. The molecular weight excluding hydrogens is 442 g/mol. The van der Waals surface area contributed by atoms with E-state index < -0.39 is 0 Å². The third-order valence-electron chi connectivity index (χ3n) is 6.02. The predicted octanol–water partition coefficient (Wildman–Crippen LogP) is 4.86. The summed E-state index contributed by atoms with van der Waals surface area (Å²) in [5.74, 6) is -0.300. The first-order chi connectivity index (χ1) is 16.1. The normalized spacial score (nSPS) is 20.8. The Morgan fingerprint density at radius 3 is 1.47 bits per heavy atom. The van der Waals surface area contributed by atoms with Crippen LogP contribution in [0, 0.1) is 22.5 Å². The van der Waals surface area contributed by atoms with Crippen molar-refractivity contribution in [3.05, 3.63) is 82.9 Å². The van der Waals surface area contributed by atoms with Crippen LogP contribution in [0.4, 0.5) is 8.78 Å². The lowest BCUT2D eigenvalue weighted by Crippen LogP contribution is -2.16. The molecule has 0 radical (unpaired) electrons. The molecule has 5 nitrogen and oxygen atoms in total. The van der Waals surface area contributed by atoms with Gasteiger partial charge in [0.2, 0.25) is 0 Å². The van der Waals surface area contributed by atoms with Crippen LogP contribution in [0.15, 0.2) is 49.1 Å². The van der Waals surface area contributed by atoms with Gasteiger partial charge < -0.3 is 4.79 Å². The van der Waals surface area contributed by atoms with Crippen LogP contribution in [0.25, 0.3) is 0 Å². The van der Waals surface area contributed by atoms with E-state index in [2.05, 4.69) is 20.4 Å². The number of carbonyl (C=O) groups excluding carboxylic acids is 5. The van der Waals surface area contributed by atoms with Gasteiger partial charge in [-0.05, 0) is 89.5 Å². The van der Waals surface area contributed by atoms with Crippen LogP contribution in [0.5, 0.6) is 0 Å². The Morgan fingerprint density at radius 1 is 0.765 bits per heavy atom.